The number of hydrogen-bond acceptors (Lipinski definition) is 4. The van der Waals surface area contributed by atoms with Crippen LogP contribution in [0.1, 0.15) is 33.0 Å². The van der Waals surface area contributed by atoms with E-state index in [-0.39, 0.29) is 17.0 Å². The van der Waals surface area contributed by atoms with E-state index in [1.54, 1.807) is 38.0 Å². The fourth-order valence-electron chi connectivity index (χ4n) is 2.16. The summed E-state index contributed by atoms with van der Waals surface area (Å²) < 4.78 is 0. The van der Waals surface area contributed by atoms with Crippen LogP contribution in [-0.2, 0) is 5.75 Å². The summed E-state index contributed by atoms with van der Waals surface area (Å²) in [5, 5.41) is 2.79. The van der Waals surface area contributed by atoms with Gasteiger partial charge in [0.1, 0.15) is 5.56 Å². The van der Waals surface area contributed by atoms with Gasteiger partial charge in [0.25, 0.3) is 11.5 Å². The minimum Gasteiger partial charge on any atom is -0.351 e. The SMILES string of the molecule is Cc1cc(C)c(C(=O)NCCSCc2nc[nH]c2C)c(=O)[nH]1. The summed E-state index contributed by atoms with van der Waals surface area (Å²) in [6.07, 6.45) is 1.68. The maximum absolute atomic E-state index is 12.1. The third-order valence-corrected chi connectivity index (χ3v) is 4.27. The molecule has 0 aliphatic carbocycles. The van der Waals surface area contributed by atoms with Crippen LogP contribution in [0.15, 0.2) is 17.2 Å². The van der Waals surface area contributed by atoms with E-state index in [1.165, 1.54) is 0 Å². The Morgan fingerprint density at radius 3 is 2.77 bits per heavy atom. The van der Waals surface area contributed by atoms with Crippen molar-refractivity contribution in [3.8, 4) is 0 Å². The number of carbonyl (C=O) groups excluding carboxylic acids is 1. The molecule has 0 saturated carbocycles. The van der Waals surface area contributed by atoms with E-state index in [9.17, 15) is 9.59 Å². The number of thioether (sulfide) groups is 1. The number of nitrogens with one attached hydrogen (secondary N) is 3. The van der Waals surface area contributed by atoms with Crippen molar-refractivity contribution in [3.05, 3.63) is 51.0 Å². The lowest BCUT2D eigenvalue weighted by molar-refractivity contribution is 0.0954. The lowest BCUT2D eigenvalue weighted by Gasteiger charge is -2.07. The van der Waals surface area contributed by atoms with E-state index in [0.29, 0.717) is 12.1 Å². The van der Waals surface area contributed by atoms with Crippen molar-refractivity contribution in [1.82, 2.24) is 20.3 Å². The molecule has 0 radical (unpaired) electrons. The smallest absolute Gasteiger partial charge is 0.261 e. The molecular formula is C15H20N4O2S. The number of pyridine rings is 1. The van der Waals surface area contributed by atoms with E-state index < -0.39 is 0 Å². The molecule has 0 bridgehead atoms. The Labute approximate surface area is 133 Å². The van der Waals surface area contributed by atoms with Crippen LogP contribution in [0, 0.1) is 20.8 Å². The maximum atomic E-state index is 12.1. The molecule has 118 valence electrons. The zero-order valence-electron chi connectivity index (χ0n) is 12.9. The number of hydrogen-bond donors (Lipinski definition) is 3. The molecule has 22 heavy (non-hydrogen) atoms. The van der Waals surface area contributed by atoms with Crippen molar-refractivity contribution in [1.29, 1.82) is 0 Å². The number of nitrogens with zero attached hydrogens (tertiary/aromatic N) is 1. The third-order valence-electron chi connectivity index (χ3n) is 3.30. The molecule has 0 aliphatic rings. The van der Waals surface area contributed by atoms with Crippen LogP contribution in [0.2, 0.25) is 0 Å². The highest BCUT2D eigenvalue weighted by Gasteiger charge is 2.13. The lowest BCUT2D eigenvalue weighted by atomic mass is 10.1. The minimum atomic E-state index is -0.338. The van der Waals surface area contributed by atoms with Gasteiger partial charge in [-0.2, -0.15) is 11.8 Å². The molecule has 0 aromatic carbocycles. The number of carbonyl (C=O) groups is 1. The van der Waals surface area contributed by atoms with Gasteiger partial charge in [-0.1, -0.05) is 0 Å². The topological polar surface area (TPSA) is 90.6 Å². The van der Waals surface area contributed by atoms with Gasteiger partial charge >= 0.3 is 0 Å². The summed E-state index contributed by atoms with van der Waals surface area (Å²) in [4.78, 5) is 33.8. The second-order valence-corrected chi connectivity index (χ2v) is 6.23. The van der Waals surface area contributed by atoms with E-state index in [0.717, 1.165) is 28.6 Å². The normalized spacial score (nSPS) is 10.7. The van der Waals surface area contributed by atoms with Crippen LogP contribution in [0.25, 0.3) is 0 Å². The third kappa shape index (κ3) is 4.00. The van der Waals surface area contributed by atoms with Gasteiger partial charge in [0.05, 0.1) is 12.0 Å². The maximum Gasteiger partial charge on any atom is 0.261 e. The summed E-state index contributed by atoms with van der Waals surface area (Å²) in [7, 11) is 0. The first-order valence-electron chi connectivity index (χ1n) is 7.04. The Bertz CT molecular complexity index is 721. The first-order chi connectivity index (χ1) is 10.5. The van der Waals surface area contributed by atoms with Gasteiger partial charge in [-0.05, 0) is 32.4 Å². The van der Waals surface area contributed by atoms with Gasteiger partial charge in [0, 0.05) is 29.4 Å². The minimum absolute atomic E-state index is 0.193. The van der Waals surface area contributed by atoms with Crippen molar-refractivity contribution in [3.63, 3.8) is 0 Å². The Balaban J connectivity index is 1.81. The van der Waals surface area contributed by atoms with E-state index in [1.807, 2.05) is 6.92 Å². The second kappa shape index (κ2) is 7.31. The summed E-state index contributed by atoms with van der Waals surface area (Å²) in [5.74, 6) is 1.24. The van der Waals surface area contributed by atoms with Crippen molar-refractivity contribution in [2.75, 3.05) is 12.3 Å². The zero-order chi connectivity index (χ0) is 16.1. The second-order valence-electron chi connectivity index (χ2n) is 5.12. The fraction of sp³-hybridized carbons (Fsp3) is 0.400. The van der Waals surface area contributed by atoms with Gasteiger partial charge < -0.3 is 15.3 Å². The highest BCUT2D eigenvalue weighted by atomic mass is 32.2. The summed E-state index contributed by atoms with van der Waals surface area (Å²) >= 11 is 1.69. The van der Waals surface area contributed by atoms with Crippen molar-refractivity contribution >= 4 is 17.7 Å². The first-order valence-corrected chi connectivity index (χ1v) is 8.20. The average molecular weight is 320 g/mol. The molecule has 3 N–H and O–H groups in total. The van der Waals surface area contributed by atoms with Gasteiger partial charge in [-0.25, -0.2) is 4.98 Å². The first kappa shape index (κ1) is 16.4. The van der Waals surface area contributed by atoms with Crippen molar-refractivity contribution in [2.24, 2.45) is 0 Å². The molecule has 6 nitrogen and oxygen atoms in total. The highest BCUT2D eigenvalue weighted by molar-refractivity contribution is 7.98. The molecule has 1 amide bonds. The average Bonchev–Trinajstić information content (AvgIpc) is 2.83. The standard InChI is InChI=1S/C15H20N4O2S/c1-9-6-10(2)19-15(21)13(9)14(20)16-4-5-22-7-12-11(3)17-8-18-12/h6,8H,4-5,7H2,1-3H3,(H,16,20)(H,17,18)(H,19,21). The summed E-state index contributed by atoms with van der Waals surface area (Å²) in [6.45, 7) is 6.06. The van der Waals surface area contributed by atoms with Crippen LogP contribution >= 0.6 is 11.8 Å². The predicted octanol–water partition coefficient (Wildman–Crippen LogP) is 1.69. The molecule has 2 aromatic rings. The fourth-order valence-corrected chi connectivity index (χ4v) is 3.04. The monoisotopic (exact) mass is 320 g/mol. The summed E-state index contributed by atoms with van der Waals surface area (Å²) in [6, 6.07) is 1.80. The number of H-pyrrole nitrogens is 2. The van der Waals surface area contributed by atoms with E-state index in [4.69, 9.17) is 0 Å². The molecule has 2 heterocycles. The van der Waals surface area contributed by atoms with Crippen LogP contribution in [0.5, 0.6) is 0 Å². The molecule has 0 fully saturated rings. The van der Waals surface area contributed by atoms with Gasteiger partial charge in [0.15, 0.2) is 0 Å². The Morgan fingerprint density at radius 2 is 2.14 bits per heavy atom. The molecule has 0 unspecified atom stereocenters. The molecule has 0 atom stereocenters. The number of imidazole rings is 1. The van der Waals surface area contributed by atoms with Crippen LogP contribution < -0.4 is 10.9 Å². The quantitative estimate of drug-likeness (QED) is 0.706. The number of aromatic nitrogens is 3. The number of aromatic amines is 2. The van der Waals surface area contributed by atoms with Crippen LogP contribution in [0.4, 0.5) is 0 Å². The van der Waals surface area contributed by atoms with E-state index in [2.05, 4.69) is 20.3 Å². The predicted molar refractivity (Wildman–Crippen MR) is 88.4 cm³/mol. The summed E-state index contributed by atoms with van der Waals surface area (Å²) in [5.41, 5.74) is 3.40. The van der Waals surface area contributed by atoms with Crippen LogP contribution in [-0.4, -0.2) is 33.2 Å². The van der Waals surface area contributed by atoms with Crippen molar-refractivity contribution < 1.29 is 4.79 Å². The number of amides is 1. The van der Waals surface area contributed by atoms with Crippen molar-refractivity contribution in [2.45, 2.75) is 26.5 Å². The highest BCUT2D eigenvalue weighted by Crippen LogP contribution is 2.11. The molecule has 7 heteroatoms. The lowest BCUT2D eigenvalue weighted by Crippen LogP contribution is -2.32. The Morgan fingerprint density at radius 1 is 1.36 bits per heavy atom. The van der Waals surface area contributed by atoms with Gasteiger partial charge in [0.2, 0.25) is 0 Å². The Hall–Kier alpha value is -2.02. The zero-order valence-corrected chi connectivity index (χ0v) is 13.8. The molecular weight excluding hydrogens is 300 g/mol. The van der Waals surface area contributed by atoms with E-state index >= 15 is 0 Å². The molecule has 2 aromatic heterocycles. The largest absolute Gasteiger partial charge is 0.351 e. The molecule has 0 saturated heterocycles. The molecule has 0 aliphatic heterocycles. The van der Waals surface area contributed by atoms with Crippen LogP contribution in [0.3, 0.4) is 0 Å². The van der Waals surface area contributed by atoms with Gasteiger partial charge in [-0.3, -0.25) is 9.59 Å². The number of aryl methyl sites for hydroxylation is 3. The van der Waals surface area contributed by atoms with Gasteiger partial charge in [-0.15, -0.1) is 0 Å². The molecule has 0 spiro atoms. The Kier molecular flexibility index (Phi) is 5.43. The molecule has 2 rings (SSSR count). The number of rotatable bonds is 6.